The van der Waals surface area contributed by atoms with E-state index in [0.29, 0.717) is 32.5 Å². The zero-order valence-corrected chi connectivity index (χ0v) is 16.8. The summed E-state index contributed by atoms with van der Waals surface area (Å²) in [6.07, 6.45) is 1.79. The van der Waals surface area contributed by atoms with Crippen LogP contribution in [0.2, 0.25) is 0 Å². The average Bonchev–Trinajstić information content (AvgIpc) is 3.11. The van der Waals surface area contributed by atoms with E-state index in [0.717, 1.165) is 29.3 Å². The molecule has 2 heterocycles. The van der Waals surface area contributed by atoms with E-state index in [1.54, 1.807) is 19.1 Å². The lowest BCUT2D eigenvalue weighted by Crippen LogP contribution is -2.46. The molecule has 1 saturated heterocycles. The summed E-state index contributed by atoms with van der Waals surface area (Å²) in [5.41, 5.74) is 1.15. The third-order valence-electron chi connectivity index (χ3n) is 5.24. The quantitative estimate of drug-likeness (QED) is 0.736. The number of rotatable bonds is 7. The number of benzene rings is 1. The highest BCUT2D eigenvalue weighted by molar-refractivity contribution is 5.83. The lowest BCUT2D eigenvalue weighted by atomic mass is 9.95. The van der Waals surface area contributed by atoms with Crippen LogP contribution in [0.25, 0.3) is 0 Å². The maximum Gasteiger partial charge on any atom is 0.227 e. The highest BCUT2D eigenvalue weighted by Gasteiger charge is 2.31. The molecule has 6 nitrogen and oxygen atoms in total. The van der Waals surface area contributed by atoms with E-state index in [2.05, 4.69) is 0 Å². The van der Waals surface area contributed by atoms with Crippen LogP contribution in [0.3, 0.4) is 0 Å². The van der Waals surface area contributed by atoms with E-state index in [4.69, 9.17) is 9.15 Å². The first-order valence-electron chi connectivity index (χ1n) is 9.67. The maximum absolute atomic E-state index is 12.8. The fraction of sp³-hybridized carbons (Fsp3) is 0.455. The molecular weight excluding hydrogens is 356 g/mol. The van der Waals surface area contributed by atoms with Gasteiger partial charge in [-0.3, -0.25) is 9.59 Å². The summed E-state index contributed by atoms with van der Waals surface area (Å²) in [4.78, 5) is 28.7. The number of carbonyl (C=O) groups excluding carboxylic acids is 2. The normalized spacial score (nSPS) is 16.9. The van der Waals surface area contributed by atoms with Crippen LogP contribution in [0, 0.1) is 12.8 Å². The summed E-state index contributed by atoms with van der Waals surface area (Å²) in [5.74, 6) is 2.46. The van der Waals surface area contributed by atoms with Crippen LogP contribution < -0.4 is 4.74 Å². The number of aryl methyl sites for hydroxylation is 1. The van der Waals surface area contributed by atoms with Crippen LogP contribution in [0.1, 0.15) is 29.9 Å². The minimum absolute atomic E-state index is 0.0657. The van der Waals surface area contributed by atoms with Gasteiger partial charge in [0.15, 0.2) is 0 Å². The predicted octanol–water partition coefficient (Wildman–Crippen LogP) is 3.04. The number of nitrogens with zero attached hydrogens (tertiary/aromatic N) is 2. The number of hydrogen-bond donors (Lipinski definition) is 0. The molecule has 2 aromatic rings. The SMILES string of the molecule is COc1ccc(CCN2C[C@H](C(=O)N(C)Cc3ccc(C)o3)CCC2=O)cc1. The number of furan rings is 1. The van der Waals surface area contributed by atoms with Crippen molar-refractivity contribution in [2.75, 3.05) is 27.2 Å². The van der Waals surface area contributed by atoms with Gasteiger partial charge in [-0.25, -0.2) is 0 Å². The fourth-order valence-electron chi connectivity index (χ4n) is 3.58. The second-order valence-corrected chi connectivity index (χ2v) is 7.38. The molecule has 1 aliphatic rings. The molecule has 6 heteroatoms. The Balaban J connectivity index is 1.55. The summed E-state index contributed by atoms with van der Waals surface area (Å²) in [6.45, 7) is 3.44. The molecule has 0 aliphatic carbocycles. The summed E-state index contributed by atoms with van der Waals surface area (Å²) >= 11 is 0. The summed E-state index contributed by atoms with van der Waals surface area (Å²) in [5, 5.41) is 0. The molecule has 1 aromatic carbocycles. The predicted molar refractivity (Wildman–Crippen MR) is 106 cm³/mol. The second kappa shape index (κ2) is 8.95. The molecule has 0 unspecified atom stereocenters. The zero-order chi connectivity index (χ0) is 20.1. The topological polar surface area (TPSA) is 63.0 Å². The van der Waals surface area contributed by atoms with Crippen molar-refractivity contribution in [1.29, 1.82) is 0 Å². The minimum atomic E-state index is -0.158. The van der Waals surface area contributed by atoms with E-state index in [-0.39, 0.29) is 17.7 Å². The molecule has 0 saturated carbocycles. The third kappa shape index (κ3) is 4.94. The van der Waals surface area contributed by atoms with Crippen molar-refractivity contribution in [1.82, 2.24) is 9.80 Å². The number of amides is 2. The summed E-state index contributed by atoms with van der Waals surface area (Å²) < 4.78 is 10.7. The number of methoxy groups -OCH3 is 1. The molecule has 1 aliphatic heterocycles. The lowest BCUT2D eigenvalue weighted by Gasteiger charge is -2.33. The van der Waals surface area contributed by atoms with E-state index in [1.165, 1.54) is 0 Å². The lowest BCUT2D eigenvalue weighted by molar-refractivity contribution is -0.142. The molecule has 28 heavy (non-hydrogen) atoms. The van der Waals surface area contributed by atoms with Gasteiger partial charge in [-0.15, -0.1) is 0 Å². The van der Waals surface area contributed by atoms with Crippen LogP contribution in [-0.2, 0) is 22.6 Å². The Morgan fingerprint density at radius 1 is 1.25 bits per heavy atom. The summed E-state index contributed by atoms with van der Waals surface area (Å²) in [6, 6.07) is 11.7. The first-order chi connectivity index (χ1) is 13.5. The Morgan fingerprint density at radius 2 is 2.00 bits per heavy atom. The standard InChI is InChI=1S/C22H28N2O4/c1-16-4-8-20(28-16)15-23(2)22(26)18-7-11-21(25)24(14-18)13-12-17-5-9-19(27-3)10-6-17/h4-6,8-10,18H,7,11-15H2,1-3H3/t18-/m1/s1. The van der Waals surface area contributed by atoms with E-state index < -0.39 is 0 Å². The van der Waals surface area contributed by atoms with E-state index >= 15 is 0 Å². The molecule has 0 N–H and O–H groups in total. The Labute approximate surface area is 166 Å². The Hall–Kier alpha value is -2.76. The van der Waals surface area contributed by atoms with Gasteiger partial charge in [0.1, 0.15) is 17.3 Å². The van der Waals surface area contributed by atoms with Gasteiger partial charge in [-0.2, -0.15) is 0 Å². The molecule has 150 valence electrons. The maximum atomic E-state index is 12.8. The number of piperidine rings is 1. The molecule has 3 rings (SSSR count). The van der Waals surface area contributed by atoms with Gasteiger partial charge < -0.3 is 19.0 Å². The highest BCUT2D eigenvalue weighted by atomic mass is 16.5. The average molecular weight is 384 g/mol. The first-order valence-corrected chi connectivity index (χ1v) is 9.67. The highest BCUT2D eigenvalue weighted by Crippen LogP contribution is 2.21. The number of likely N-dealkylation sites (tertiary alicyclic amines) is 1. The number of hydrogen-bond acceptors (Lipinski definition) is 4. The molecule has 1 fully saturated rings. The largest absolute Gasteiger partial charge is 0.497 e. The zero-order valence-electron chi connectivity index (χ0n) is 16.8. The van der Waals surface area contributed by atoms with Crippen molar-refractivity contribution in [3.8, 4) is 5.75 Å². The molecule has 1 aromatic heterocycles. The first kappa shape index (κ1) is 20.0. The van der Waals surface area contributed by atoms with Gasteiger partial charge in [0.05, 0.1) is 19.6 Å². The van der Waals surface area contributed by atoms with Gasteiger partial charge >= 0.3 is 0 Å². The fourth-order valence-corrected chi connectivity index (χ4v) is 3.58. The monoisotopic (exact) mass is 384 g/mol. The van der Waals surface area contributed by atoms with E-state index in [9.17, 15) is 9.59 Å². The molecule has 0 radical (unpaired) electrons. The Kier molecular flexibility index (Phi) is 6.39. The van der Waals surface area contributed by atoms with Gasteiger partial charge in [0.2, 0.25) is 11.8 Å². The van der Waals surface area contributed by atoms with Crippen LogP contribution in [0.5, 0.6) is 5.75 Å². The third-order valence-corrected chi connectivity index (χ3v) is 5.24. The summed E-state index contributed by atoms with van der Waals surface area (Å²) in [7, 11) is 3.43. The van der Waals surface area contributed by atoms with Crippen molar-refractivity contribution in [3.63, 3.8) is 0 Å². The Morgan fingerprint density at radius 3 is 2.64 bits per heavy atom. The number of ether oxygens (including phenoxy) is 1. The van der Waals surface area contributed by atoms with Gasteiger partial charge in [-0.1, -0.05) is 12.1 Å². The van der Waals surface area contributed by atoms with Gasteiger partial charge in [0.25, 0.3) is 0 Å². The van der Waals surface area contributed by atoms with Crippen molar-refractivity contribution >= 4 is 11.8 Å². The van der Waals surface area contributed by atoms with Crippen LogP contribution in [-0.4, -0.2) is 48.9 Å². The van der Waals surface area contributed by atoms with Crippen molar-refractivity contribution in [2.45, 2.75) is 32.7 Å². The number of carbonyl (C=O) groups is 2. The molecule has 0 spiro atoms. The second-order valence-electron chi connectivity index (χ2n) is 7.38. The molecular formula is C22H28N2O4. The van der Waals surface area contributed by atoms with Gasteiger partial charge in [-0.05, 0) is 49.6 Å². The van der Waals surface area contributed by atoms with Gasteiger partial charge in [0, 0.05) is 26.6 Å². The van der Waals surface area contributed by atoms with Crippen LogP contribution >= 0.6 is 0 Å². The molecule has 1 atom stereocenters. The van der Waals surface area contributed by atoms with E-state index in [1.807, 2.05) is 48.2 Å². The van der Waals surface area contributed by atoms with Crippen LogP contribution in [0.15, 0.2) is 40.8 Å². The minimum Gasteiger partial charge on any atom is -0.497 e. The smallest absolute Gasteiger partial charge is 0.227 e. The van der Waals surface area contributed by atoms with Crippen molar-refractivity contribution < 1.29 is 18.7 Å². The molecule has 2 amide bonds. The van der Waals surface area contributed by atoms with Crippen LogP contribution in [0.4, 0.5) is 0 Å². The Bertz CT molecular complexity index is 812. The van der Waals surface area contributed by atoms with Crippen molar-refractivity contribution in [2.24, 2.45) is 5.92 Å². The van der Waals surface area contributed by atoms with Crippen molar-refractivity contribution in [3.05, 3.63) is 53.5 Å². The molecule has 0 bridgehead atoms.